The fourth-order valence-electron chi connectivity index (χ4n) is 3.64. The van der Waals surface area contributed by atoms with E-state index in [4.69, 9.17) is 20.8 Å². The smallest absolute Gasteiger partial charge is 0.289 e. The van der Waals surface area contributed by atoms with Crippen molar-refractivity contribution in [3.63, 3.8) is 0 Å². The van der Waals surface area contributed by atoms with Crippen LogP contribution in [0.3, 0.4) is 0 Å². The fraction of sp³-hybridized carbons (Fsp3) is 0.444. The second kappa shape index (κ2) is 6.89. The molecule has 0 aromatic carbocycles. The van der Waals surface area contributed by atoms with E-state index >= 15 is 0 Å². The summed E-state index contributed by atoms with van der Waals surface area (Å²) < 4.78 is 25.5. The second-order valence-electron chi connectivity index (χ2n) is 6.68. The molecule has 2 saturated heterocycles. The Morgan fingerprint density at radius 2 is 2.12 bits per heavy atom. The molecule has 2 aliphatic rings. The first kappa shape index (κ1) is 17.3. The fourth-order valence-corrected chi connectivity index (χ4v) is 3.79. The number of carbonyl (C=O) groups is 1. The average Bonchev–Trinajstić information content (AvgIpc) is 3.16. The van der Waals surface area contributed by atoms with E-state index < -0.39 is 11.4 Å². The maximum absolute atomic E-state index is 14.2. The van der Waals surface area contributed by atoms with Gasteiger partial charge in [-0.05, 0) is 31.0 Å². The van der Waals surface area contributed by atoms with Crippen LogP contribution in [-0.4, -0.2) is 54.2 Å². The number of likely N-dealkylation sites (tertiary alicyclic amines) is 1. The summed E-state index contributed by atoms with van der Waals surface area (Å²) in [5, 5.41) is 0.277. The van der Waals surface area contributed by atoms with Crippen LogP contribution in [0.25, 0.3) is 0 Å². The van der Waals surface area contributed by atoms with Gasteiger partial charge in [0.1, 0.15) is 0 Å². The van der Waals surface area contributed by atoms with Gasteiger partial charge < -0.3 is 19.0 Å². The van der Waals surface area contributed by atoms with Crippen LogP contribution < -0.4 is 4.90 Å². The van der Waals surface area contributed by atoms with Crippen LogP contribution >= 0.6 is 11.6 Å². The number of hydrogen-bond acceptors (Lipinski definition) is 5. The highest BCUT2D eigenvalue weighted by Crippen LogP contribution is 2.33. The van der Waals surface area contributed by atoms with Crippen molar-refractivity contribution < 1.29 is 18.3 Å². The third kappa shape index (κ3) is 3.29. The molecule has 2 fully saturated rings. The van der Waals surface area contributed by atoms with Gasteiger partial charge in [0.15, 0.2) is 17.4 Å². The Morgan fingerprint density at radius 1 is 1.31 bits per heavy atom. The molecular formula is C18H19ClFN3O3. The standard InChI is InChI=1S/C18H19ClFN3O3/c19-13-10-14(20)16(21-11-13)23-7-9-26-18(12-23)3-5-22(6-4-18)17(24)15-2-1-8-25-15/h1-2,8,10-11H,3-7,9,12H2. The molecule has 0 bridgehead atoms. The highest BCUT2D eigenvalue weighted by atomic mass is 35.5. The Labute approximate surface area is 155 Å². The zero-order chi connectivity index (χ0) is 18.1. The Bertz CT molecular complexity index is 791. The summed E-state index contributed by atoms with van der Waals surface area (Å²) in [6.07, 6.45) is 4.32. The lowest BCUT2D eigenvalue weighted by molar-refractivity contribution is -0.0873. The van der Waals surface area contributed by atoms with Crippen molar-refractivity contribution in [1.29, 1.82) is 0 Å². The number of furan rings is 1. The van der Waals surface area contributed by atoms with Gasteiger partial charge in [0, 0.05) is 32.4 Å². The molecule has 138 valence electrons. The number of aromatic nitrogens is 1. The summed E-state index contributed by atoms with van der Waals surface area (Å²) in [6, 6.07) is 4.64. The Morgan fingerprint density at radius 3 is 2.81 bits per heavy atom. The predicted molar refractivity (Wildman–Crippen MR) is 93.9 cm³/mol. The third-order valence-electron chi connectivity index (χ3n) is 5.03. The Hall–Kier alpha value is -2.12. The zero-order valence-corrected chi connectivity index (χ0v) is 14.9. The molecule has 0 saturated carbocycles. The molecule has 6 nitrogen and oxygen atoms in total. The minimum absolute atomic E-state index is 0.108. The summed E-state index contributed by atoms with van der Waals surface area (Å²) in [7, 11) is 0. The van der Waals surface area contributed by atoms with E-state index in [1.165, 1.54) is 18.5 Å². The lowest BCUT2D eigenvalue weighted by Crippen LogP contribution is -2.58. The highest BCUT2D eigenvalue weighted by Gasteiger charge is 2.41. The number of nitrogens with zero attached hydrogens (tertiary/aromatic N) is 3. The monoisotopic (exact) mass is 379 g/mol. The molecule has 4 rings (SSSR count). The molecule has 0 radical (unpaired) electrons. The van der Waals surface area contributed by atoms with Crippen molar-refractivity contribution in [2.24, 2.45) is 0 Å². The lowest BCUT2D eigenvalue weighted by atomic mass is 9.89. The van der Waals surface area contributed by atoms with E-state index in [0.29, 0.717) is 57.2 Å². The number of ether oxygens (including phenoxy) is 1. The number of rotatable bonds is 2. The third-order valence-corrected chi connectivity index (χ3v) is 5.24. The predicted octanol–water partition coefficient (Wildman–Crippen LogP) is 2.98. The van der Waals surface area contributed by atoms with Crippen LogP contribution in [-0.2, 0) is 4.74 Å². The summed E-state index contributed by atoms with van der Waals surface area (Å²) in [6.45, 7) is 2.76. The normalized spacial score (nSPS) is 19.8. The van der Waals surface area contributed by atoms with Crippen LogP contribution in [0.1, 0.15) is 23.4 Å². The number of anilines is 1. The molecule has 8 heteroatoms. The van der Waals surface area contributed by atoms with E-state index in [1.54, 1.807) is 17.0 Å². The quantitative estimate of drug-likeness (QED) is 0.802. The minimum Gasteiger partial charge on any atom is -0.459 e. The van der Waals surface area contributed by atoms with E-state index in [9.17, 15) is 9.18 Å². The number of amides is 1. The zero-order valence-electron chi connectivity index (χ0n) is 14.2. The maximum atomic E-state index is 14.2. The van der Waals surface area contributed by atoms with Crippen molar-refractivity contribution in [3.05, 3.63) is 47.3 Å². The van der Waals surface area contributed by atoms with E-state index in [-0.39, 0.29) is 10.9 Å². The van der Waals surface area contributed by atoms with Gasteiger partial charge in [-0.2, -0.15) is 0 Å². The molecule has 0 aliphatic carbocycles. The molecule has 0 N–H and O–H groups in total. The van der Waals surface area contributed by atoms with Gasteiger partial charge in [-0.1, -0.05) is 11.6 Å². The largest absolute Gasteiger partial charge is 0.459 e. The summed E-state index contributed by atoms with van der Waals surface area (Å²) >= 11 is 5.80. The topological polar surface area (TPSA) is 58.8 Å². The van der Waals surface area contributed by atoms with Gasteiger partial charge in [0.05, 0.1) is 23.5 Å². The van der Waals surface area contributed by atoms with Gasteiger partial charge in [0.2, 0.25) is 0 Å². The maximum Gasteiger partial charge on any atom is 0.289 e. The van der Waals surface area contributed by atoms with Crippen LogP contribution in [0, 0.1) is 5.82 Å². The van der Waals surface area contributed by atoms with Crippen molar-refractivity contribution in [2.45, 2.75) is 18.4 Å². The van der Waals surface area contributed by atoms with Gasteiger partial charge in [-0.25, -0.2) is 9.37 Å². The number of morpholine rings is 1. The van der Waals surface area contributed by atoms with Crippen molar-refractivity contribution >= 4 is 23.3 Å². The first-order valence-electron chi connectivity index (χ1n) is 8.59. The number of hydrogen-bond donors (Lipinski definition) is 0. The number of carbonyl (C=O) groups excluding carboxylic acids is 1. The molecule has 26 heavy (non-hydrogen) atoms. The molecule has 2 aromatic rings. The summed E-state index contributed by atoms with van der Waals surface area (Å²) in [4.78, 5) is 20.2. The number of pyridine rings is 1. The first-order chi connectivity index (χ1) is 12.6. The first-order valence-corrected chi connectivity index (χ1v) is 8.97. The molecule has 0 unspecified atom stereocenters. The van der Waals surface area contributed by atoms with E-state index in [0.717, 1.165) is 0 Å². The van der Waals surface area contributed by atoms with Crippen LogP contribution in [0.4, 0.5) is 10.2 Å². The van der Waals surface area contributed by atoms with Crippen molar-refractivity contribution in [3.8, 4) is 0 Å². The number of halogens is 2. The minimum atomic E-state index is -0.431. The Kier molecular flexibility index (Phi) is 4.58. The van der Waals surface area contributed by atoms with Crippen LogP contribution in [0.15, 0.2) is 35.1 Å². The van der Waals surface area contributed by atoms with Crippen molar-refractivity contribution in [1.82, 2.24) is 9.88 Å². The molecule has 1 spiro atoms. The van der Waals surface area contributed by atoms with Crippen molar-refractivity contribution in [2.75, 3.05) is 37.7 Å². The summed E-state index contributed by atoms with van der Waals surface area (Å²) in [5.74, 6) is 0.105. The number of piperidine rings is 1. The Balaban J connectivity index is 1.44. The van der Waals surface area contributed by atoms with E-state index in [2.05, 4.69) is 4.98 Å². The molecule has 0 atom stereocenters. The van der Waals surface area contributed by atoms with E-state index in [1.807, 2.05) is 4.90 Å². The molecule has 2 aliphatic heterocycles. The van der Waals surface area contributed by atoms with Gasteiger partial charge in [0.25, 0.3) is 5.91 Å². The SMILES string of the molecule is O=C(c1ccco1)N1CCC2(CC1)CN(c1ncc(Cl)cc1F)CCO2. The molecular weight excluding hydrogens is 361 g/mol. The molecule has 2 aromatic heterocycles. The van der Waals surface area contributed by atoms with Gasteiger partial charge in [-0.15, -0.1) is 0 Å². The van der Waals surface area contributed by atoms with Gasteiger partial charge >= 0.3 is 0 Å². The van der Waals surface area contributed by atoms with Crippen LogP contribution in [0.5, 0.6) is 0 Å². The lowest BCUT2D eigenvalue weighted by Gasteiger charge is -2.47. The van der Waals surface area contributed by atoms with Crippen LogP contribution in [0.2, 0.25) is 5.02 Å². The summed E-state index contributed by atoms with van der Waals surface area (Å²) in [5.41, 5.74) is -0.397. The average molecular weight is 380 g/mol. The molecule has 4 heterocycles. The second-order valence-corrected chi connectivity index (χ2v) is 7.12. The van der Waals surface area contributed by atoms with Gasteiger partial charge in [-0.3, -0.25) is 4.79 Å². The highest BCUT2D eigenvalue weighted by molar-refractivity contribution is 6.30. The molecule has 1 amide bonds.